The molecule has 1 aliphatic heterocycles. The number of nitrogens with one attached hydrogen (secondary N) is 2. The van der Waals surface area contributed by atoms with E-state index in [1.807, 2.05) is 31.2 Å². The molecule has 4 nitrogen and oxygen atoms in total. The van der Waals surface area contributed by atoms with Crippen LogP contribution >= 0.6 is 12.2 Å². The highest BCUT2D eigenvalue weighted by Crippen LogP contribution is 2.23. The zero-order chi connectivity index (χ0) is 15.9. The summed E-state index contributed by atoms with van der Waals surface area (Å²) in [7, 11) is 0. The molecule has 22 heavy (non-hydrogen) atoms. The van der Waals surface area contributed by atoms with Crippen molar-refractivity contribution in [2.45, 2.75) is 45.7 Å². The van der Waals surface area contributed by atoms with E-state index in [2.05, 4.69) is 29.4 Å². The molecule has 0 amide bonds. The van der Waals surface area contributed by atoms with Crippen LogP contribution in [0.4, 0.5) is 5.69 Å². The van der Waals surface area contributed by atoms with Gasteiger partial charge in [0.15, 0.2) is 5.11 Å². The maximum atomic E-state index is 5.61. The third kappa shape index (κ3) is 4.85. The summed E-state index contributed by atoms with van der Waals surface area (Å²) >= 11 is 5.45. The lowest BCUT2D eigenvalue weighted by Crippen LogP contribution is -2.47. The largest absolute Gasteiger partial charge is 0.492 e. The summed E-state index contributed by atoms with van der Waals surface area (Å²) in [5.41, 5.74) is 0.918. The Balaban J connectivity index is 1.84. The molecule has 0 aromatic heterocycles. The number of ether oxygens (including phenoxy) is 1. The molecular weight excluding hydrogens is 294 g/mol. The van der Waals surface area contributed by atoms with E-state index in [4.69, 9.17) is 17.0 Å². The molecule has 1 heterocycles. The molecule has 2 rings (SSSR count). The van der Waals surface area contributed by atoms with Gasteiger partial charge in [-0.3, -0.25) is 0 Å². The predicted octanol–water partition coefficient (Wildman–Crippen LogP) is 3.24. The van der Waals surface area contributed by atoms with E-state index in [1.165, 1.54) is 0 Å². The molecule has 0 aliphatic carbocycles. The number of hydrogen-bond acceptors (Lipinski definition) is 3. The minimum absolute atomic E-state index is 0.453. The van der Waals surface area contributed by atoms with Crippen LogP contribution in [0, 0.1) is 0 Å². The lowest BCUT2D eigenvalue weighted by molar-refractivity contribution is 0.168. The summed E-state index contributed by atoms with van der Waals surface area (Å²) in [6.45, 7) is 9.40. The molecule has 1 aliphatic rings. The smallest absolute Gasteiger partial charge is 0.171 e. The molecule has 122 valence electrons. The maximum absolute atomic E-state index is 5.61. The van der Waals surface area contributed by atoms with E-state index >= 15 is 0 Å². The second-order valence-corrected chi connectivity index (χ2v) is 6.34. The molecule has 1 aromatic carbocycles. The first kappa shape index (κ1) is 17.0. The van der Waals surface area contributed by atoms with Gasteiger partial charge in [0.2, 0.25) is 0 Å². The Morgan fingerprint density at radius 1 is 1.32 bits per heavy atom. The summed E-state index contributed by atoms with van der Waals surface area (Å²) in [5.74, 6) is 0.837. The molecule has 5 heteroatoms. The van der Waals surface area contributed by atoms with Crippen molar-refractivity contribution in [3.8, 4) is 5.75 Å². The highest BCUT2D eigenvalue weighted by atomic mass is 32.1. The summed E-state index contributed by atoms with van der Waals surface area (Å²) < 4.78 is 5.61. The van der Waals surface area contributed by atoms with Gasteiger partial charge in [-0.15, -0.1) is 0 Å². The van der Waals surface area contributed by atoms with Gasteiger partial charge in [0.05, 0.1) is 12.3 Å². The standard InChI is InChI=1S/C17H27N3OS/c1-4-21-16-8-6-5-7-15(16)19-17(22)18-14-9-11-20(12-10-14)13(2)3/h5-8,13-14H,4,9-12H2,1-3H3,(H2,18,19,22). The van der Waals surface area contributed by atoms with E-state index in [1.54, 1.807) is 0 Å². The number of benzene rings is 1. The van der Waals surface area contributed by atoms with Gasteiger partial charge in [-0.1, -0.05) is 12.1 Å². The molecule has 0 spiro atoms. The molecule has 2 N–H and O–H groups in total. The van der Waals surface area contributed by atoms with Crippen LogP contribution in [-0.4, -0.2) is 41.8 Å². The van der Waals surface area contributed by atoms with Gasteiger partial charge in [0, 0.05) is 25.2 Å². The first-order chi connectivity index (χ1) is 10.6. The lowest BCUT2D eigenvalue weighted by atomic mass is 10.0. The first-order valence-corrected chi connectivity index (χ1v) is 8.54. The van der Waals surface area contributed by atoms with Crippen molar-refractivity contribution in [3.63, 3.8) is 0 Å². The molecule has 0 saturated carbocycles. The van der Waals surface area contributed by atoms with Crippen molar-refractivity contribution in [3.05, 3.63) is 24.3 Å². The van der Waals surface area contributed by atoms with Crippen LogP contribution in [0.3, 0.4) is 0 Å². The van der Waals surface area contributed by atoms with Crippen LogP contribution in [0.15, 0.2) is 24.3 Å². The van der Waals surface area contributed by atoms with E-state index in [9.17, 15) is 0 Å². The molecule has 0 atom stereocenters. The number of nitrogens with zero attached hydrogens (tertiary/aromatic N) is 1. The molecular formula is C17H27N3OS. The zero-order valence-electron chi connectivity index (χ0n) is 13.8. The predicted molar refractivity (Wildman–Crippen MR) is 96.7 cm³/mol. The average molecular weight is 321 g/mol. The molecule has 1 saturated heterocycles. The average Bonchev–Trinajstić information content (AvgIpc) is 2.50. The van der Waals surface area contributed by atoms with Gasteiger partial charge in [-0.25, -0.2) is 0 Å². The summed E-state index contributed by atoms with van der Waals surface area (Å²) in [6, 6.07) is 8.97. The fourth-order valence-electron chi connectivity index (χ4n) is 2.76. The number of thiocarbonyl (C=S) groups is 1. The molecule has 1 fully saturated rings. The van der Waals surface area contributed by atoms with Crippen LogP contribution in [0.25, 0.3) is 0 Å². The van der Waals surface area contributed by atoms with Crippen molar-refractivity contribution >= 4 is 23.0 Å². The Labute approximate surface area is 139 Å². The van der Waals surface area contributed by atoms with Gasteiger partial charge < -0.3 is 20.3 Å². The van der Waals surface area contributed by atoms with Crippen molar-refractivity contribution in [2.24, 2.45) is 0 Å². The Morgan fingerprint density at radius 3 is 2.64 bits per heavy atom. The number of anilines is 1. The molecule has 0 bridgehead atoms. The van der Waals surface area contributed by atoms with E-state index < -0.39 is 0 Å². The van der Waals surface area contributed by atoms with Gasteiger partial charge in [0.25, 0.3) is 0 Å². The topological polar surface area (TPSA) is 36.5 Å². The van der Waals surface area contributed by atoms with Crippen molar-refractivity contribution < 1.29 is 4.74 Å². The van der Waals surface area contributed by atoms with Gasteiger partial charge in [-0.2, -0.15) is 0 Å². The minimum atomic E-state index is 0.453. The normalized spacial score (nSPS) is 16.5. The fourth-order valence-corrected chi connectivity index (χ4v) is 3.03. The number of piperidine rings is 1. The Kier molecular flexibility index (Phi) is 6.46. The second-order valence-electron chi connectivity index (χ2n) is 5.93. The van der Waals surface area contributed by atoms with E-state index in [-0.39, 0.29) is 0 Å². The first-order valence-electron chi connectivity index (χ1n) is 8.13. The Bertz CT molecular complexity index is 485. The summed E-state index contributed by atoms with van der Waals surface area (Å²) in [6.07, 6.45) is 2.26. The number of hydrogen-bond donors (Lipinski definition) is 2. The van der Waals surface area contributed by atoms with E-state index in [0.29, 0.717) is 23.8 Å². The van der Waals surface area contributed by atoms with E-state index in [0.717, 1.165) is 37.4 Å². The highest BCUT2D eigenvalue weighted by Gasteiger charge is 2.21. The highest BCUT2D eigenvalue weighted by molar-refractivity contribution is 7.80. The SMILES string of the molecule is CCOc1ccccc1NC(=S)NC1CCN(C(C)C)CC1. The number of para-hydroxylation sites is 2. The third-order valence-corrected chi connectivity index (χ3v) is 4.25. The lowest BCUT2D eigenvalue weighted by Gasteiger charge is -2.35. The van der Waals surface area contributed by atoms with Crippen molar-refractivity contribution in [2.75, 3.05) is 25.0 Å². The quantitative estimate of drug-likeness (QED) is 0.814. The van der Waals surface area contributed by atoms with Gasteiger partial charge in [0.1, 0.15) is 5.75 Å². The fraction of sp³-hybridized carbons (Fsp3) is 0.588. The van der Waals surface area contributed by atoms with Crippen molar-refractivity contribution in [1.82, 2.24) is 10.2 Å². The molecule has 1 aromatic rings. The van der Waals surface area contributed by atoms with Crippen LogP contribution in [0.2, 0.25) is 0 Å². The molecule has 0 unspecified atom stereocenters. The van der Waals surface area contributed by atoms with Gasteiger partial charge >= 0.3 is 0 Å². The van der Waals surface area contributed by atoms with Crippen LogP contribution < -0.4 is 15.4 Å². The number of rotatable bonds is 5. The summed E-state index contributed by atoms with van der Waals surface area (Å²) in [5, 5.41) is 7.37. The second kappa shape index (κ2) is 8.34. The number of likely N-dealkylation sites (tertiary alicyclic amines) is 1. The Hall–Kier alpha value is -1.33. The van der Waals surface area contributed by atoms with Crippen LogP contribution in [-0.2, 0) is 0 Å². The summed E-state index contributed by atoms with van der Waals surface area (Å²) in [4.78, 5) is 2.51. The monoisotopic (exact) mass is 321 g/mol. The van der Waals surface area contributed by atoms with Crippen LogP contribution in [0.1, 0.15) is 33.6 Å². The minimum Gasteiger partial charge on any atom is -0.492 e. The molecule has 0 radical (unpaired) electrons. The van der Waals surface area contributed by atoms with Crippen molar-refractivity contribution in [1.29, 1.82) is 0 Å². The van der Waals surface area contributed by atoms with Gasteiger partial charge in [-0.05, 0) is 58.0 Å². The maximum Gasteiger partial charge on any atom is 0.171 e. The zero-order valence-corrected chi connectivity index (χ0v) is 14.6. The Morgan fingerprint density at radius 2 is 2.00 bits per heavy atom. The van der Waals surface area contributed by atoms with Crippen LogP contribution in [0.5, 0.6) is 5.75 Å². The third-order valence-electron chi connectivity index (χ3n) is 4.03.